The van der Waals surface area contributed by atoms with Crippen LogP contribution in [0.3, 0.4) is 0 Å². The molecule has 1 aliphatic heterocycles. The molecule has 4 heterocycles. The Morgan fingerprint density at radius 1 is 1.26 bits per heavy atom. The smallest absolute Gasteiger partial charge is 0.272 e. The van der Waals surface area contributed by atoms with E-state index in [1.807, 2.05) is 19.1 Å². The molecule has 1 spiro atoms. The number of carbonyl (C=O) groups is 1. The molecule has 1 N–H and O–H groups in total. The van der Waals surface area contributed by atoms with E-state index in [9.17, 15) is 13.2 Å². The van der Waals surface area contributed by atoms with Gasteiger partial charge in [0.15, 0.2) is 11.4 Å². The topological polar surface area (TPSA) is 115 Å². The van der Waals surface area contributed by atoms with Crippen molar-refractivity contribution in [2.75, 3.05) is 22.8 Å². The lowest BCUT2D eigenvalue weighted by atomic mass is 9.96. The fourth-order valence-corrected chi connectivity index (χ4v) is 7.20. The van der Waals surface area contributed by atoms with Gasteiger partial charge < -0.3 is 14.2 Å². The first-order valence-corrected chi connectivity index (χ1v) is 15.4. The number of rotatable bonds is 9. The molecule has 39 heavy (non-hydrogen) atoms. The van der Waals surface area contributed by atoms with Gasteiger partial charge in [-0.3, -0.25) is 9.52 Å². The van der Waals surface area contributed by atoms with Crippen molar-refractivity contribution in [1.29, 1.82) is 0 Å². The number of thiophene rings is 1. The summed E-state index contributed by atoms with van der Waals surface area (Å²) >= 11 is 7.57. The number of hydrogen-bond acceptors (Lipinski definition) is 8. The molecule has 2 aliphatic rings. The van der Waals surface area contributed by atoms with Crippen molar-refractivity contribution in [3.05, 3.63) is 58.1 Å². The molecule has 1 unspecified atom stereocenters. The van der Waals surface area contributed by atoms with E-state index >= 15 is 0 Å². The molecule has 1 saturated carbocycles. The van der Waals surface area contributed by atoms with Gasteiger partial charge in [-0.05, 0) is 53.5 Å². The molecule has 0 bridgehead atoms. The van der Waals surface area contributed by atoms with Crippen LogP contribution in [-0.4, -0.2) is 37.6 Å². The maximum atomic E-state index is 13.7. The SMILES string of the molecule is CC(C)COc1ncc(C(C)CN2C(=O)C3(CC3)c3cc4c(NS(=O)(=O)c5cccs5)noc4cc32)cc1Cl. The normalized spacial score (nSPS) is 16.7. The zero-order chi connectivity index (χ0) is 27.5. The van der Waals surface area contributed by atoms with Crippen LogP contribution >= 0.6 is 22.9 Å². The lowest BCUT2D eigenvalue weighted by Gasteiger charge is -2.23. The van der Waals surface area contributed by atoms with Crippen LogP contribution in [0.15, 0.2) is 50.6 Å². The Morgan fingerprint density at radius 3 is 2.72 bits per heavy atom. The lowest BCUT2D eigenvalue weighted by Crippen LogP contribution is -2.34. The second-order valence-corrected chi connectivity index (χ2v) is 13.9. The van der Waals surface area contributed by atoms with E-state index in [-0.39, 0.29) is 21.9 Å². The second-order valence-electron chi connectivity index (χ2n) is 10.6. The number of nitrogens with zero attached hydrogens (tertiary/aromatic N) is 3. The van der Waals surface area contributed by atoms with E-state index < -0.39 is 15.4 Å². The number of anilines is 2. The van der Waals surface area contributed by atoms with Crippen molar-refractivity contribution in [2.24, 2.45) is 5.92 Å². The number of ether oxygens (including phenoxy) is 1. The van der Waals surface area contributed by atoms with Crippen LogP contribution in [-0.2, 0) is 20.2 Å². The summed E-state index contributed by atoms with van der Waals surface area (Å²) in [5.41, 5.74) is 2.35. The van der Waals surface area contributed by atoms with E-state index in [1.54, 1.807) is 28.6 Å². The highest BCUT2D eigenvalue weighted by Gasteiger charge is 2.59. The van der Waals surface area contributed by atoms with Gasteiger partial charge in [-0.1, -0.05) is 43.6 Å². The predicted octanol–water partition coefficient (Wildman–Crippen LogP) is 5.96. The number of carbonyl (C=O) groups excluding carboxylic acids is 1. The number of sulfonamides is 1. The molecular formula is C27H27ClN4O5S2. The van der Waals surface area contributed by atoms with Crippen LogP contribution in [0.5, 0.6) is 5.88 Å². The van der Waals surface area contributed by atoms with Crippen molar-refractivity contribution >= 4 is 61.3 Å². The first kappa shape index (κ1) is 26.1. The second kappa shape index (κ2) is 9.50. The molecule has 12 heteroatoms. The molecule has 0 radical (unpaired) electrons. The van der Waals surface area contributed by atoms with Crippen molar-refractivity contribution in [2.45, 2.75) is 49.2 Å². The Kier molecular flexibility index (Phi) is 6.35. The van der Waals surface area contributed by atoms with Gasteiger partial charge in [0.2, 0.25) is 11.8 Å². The highest BCUT2D eigenvalue weighted by atomic mass is 35.5. The quantitative estimate of drug-likeness (QED) is 0.257. The number of nitrogens with one attached hydrogen (secondary N) is 1. The van der Waals surface area contributed by atoms with Gasteiger partial charge in [0.05, 0.1) is 23.1 Å². The molecule has 6 rings (SSSR count). The number of pyridine rings is 1. The summed E-state index contributed by atoms with van der Waals surface area (Å²) in [6, 6.07) is 8.67. The Hall–Kier alpha value is -3.15. The highest BCUT2D eigenvalue weighted by molar-refractivity contribution is 7.94. The van der Waals surface area contributed by atoms with E-state index in [0.29, 0.717) is 40.9 Å². The van der Waals surface area contributed by atoms with Crippen molar-refractivity contribution < 1.29 is 22.5 Å². The fourth-order valence-electron chi connectivity index (χ4n) is 4.96. The van der Waals surface area contributed by atoms with E-state index in [0.717, 1.165) is 41.0 Å². The first-order chi connectivity index (χ1) is 18.6. The van der Waals surface area contributed by atoms with Crippen molar-refractivity contribution in [3.63, 3.8) is 0 Å². The van der Waals surface area contributed by atoms with Gasteiger partial charge in [0.25, 0.3) is 10.0 Å². The third-order valence-corrected chi connectivity index (χ3v) is 10.2. The van der Waals surface area contributed by atoms with Crippen LogP contribution in [0.1, 0.15) is 50.7 Å². The maximum Gasteiger partial charge on any atom is 0.272 e. The Bertz CT molecular complexity index is 1680. The number of fused-ring (bicyclic) bond motifs is 3. The summed E-state index contributed by atoms with van der Waals surface area (Å²) < 4.78 is 39.5. The van der Waals surface area contributed by atoms with Crippen LogP contribution in [0.25, 0.3) is 11.0 Å². The summed E-state index contributed by atoms with van der Waals surface area (Å²) in [5, 5.41) is 6.65. The average molecular weight is 587 g/mol. The summed E-state index contributed by atoms with van der Waals surface area (Å²) in [6.07, 6.45) is 3.23. The van der Waals surface area contributed by atoms with Gasteiger partial charge in [-0.2, -0.15) is 0 Å². The monoisotopic (exact) mass is 586 g/mol. The molecule has 1 fully saturated rings. The molecule has 1 aliphatic carbocycles. The number of benzene rings is 1. The zero-order valence-electron chi connectivity index (χ0n) is 21.6. The fraction of sp³-hybridized carbons (Fsp3) is 0.370. The summed E-state index contributed by atoms with van der Waals surface area (Å²) in [5.74, 6) is 0.849. The van der Waals surface area contributed by atoms with Gasteiger partial charge in [-0.25, -0.2) is 13.4 Å². The van der Waals surface area contributed by atoms with Gasteiger partial charge in [-0.15, -0.1) is 11.3 Å². The molecule has 1 atom stereocenters. The predicted molar refractivity (Wildman–Crippen MR) is 150 cm³/mol. The third-order valence-electron chi connectivity index (χ3n) is 7.20. The molecule has 1 amide bonds. The Labute approximate surface area is 235 Å². The third kappa shape index (κ3) is 4.56. The Balaban J connectivity index is 1.29. The van der Waals surface area contributed by atoms with Crippen molar-refractivity contribution in [1.82, 2.24) is 10.1 Å². The number of amides is 1. The van der Waals surface area contributed by atoms with Crippen LogP contribution in [0.4, 0.5) is 11.5 Å². The summed E-state index contributed by atoms with van der Waals surface area (Å²) in [6.45, 7) is 7.08. The average Bonchev–Trinajstić information content (AvgIpc) is 3.23. The van der Waals surface area contributed by atoms with Crippen LogP contribution in [0, 0.1) is 5.92 Å². The summed E-state index contributed by atoms with van der Waals surface area (Å²) in [7, 11) is -3.80. The van der Waals surface area contributed by atoms with Gasteiger partial charge in [0.1, 0.15) is 9.23 Å². The standard InChI is InChI=1S/C27H27ClN4O5S2/c1-15(2)14-36-25-20(28)9-17(12-29-25)16(3)13-32-21-11-22-18(10-19(21)27(6-7-27)26(32)33)24(30-37-22)31-39(34,35)23-5-4-8-38-23/h4-5,8-12,15-16H,6-7,13-14H2,1-3H3,(H,30,31). The largest absolute Gasteiger partial charge is 0.476 e. The zero-order valence-corrected chi connectivity index (χ0v) is 24.0. The van der Waals surface area contributed by atoms with Crippen LogP contribution < -0.4 is 14.4 Å². The van der Waals surface area contributed by atoms with Crippen molar-refractivity contribution in [3.8, 4) is 5.88 Å². The van der Waals surface area contributed by atoms with E-state index in [4.69, 9.17) is 20.9 Å². The summed E-state index contributed by atoms with van der Waals surface area (Å²) in [4.78, 5) is 19.9. The molecule has 1 aromatic carbocycles. The Morgan fingerprint density at radius 2 is 2.05 bits per heavy atom. The maximum absolute atomic E-state index is 13.7. The first-order valence-electron chi connectivity index (χ1n) is 12.7. The minimum Gasteiger partial charge on any atom is -0.476 e. The number of hydrogen-bond donors (Lipinski definition) is 1. The highest BCUT2D eigenvalue weighted by Crippen LogP contribution is 2.58. The molecule has 204 valence electrons. The number of aromatic nitrogens is 2. The van der Waals surface area contributed by atoms with E-state index in [2.05, 4.69) is 28.7 Å². The number of halogens is 1. The van der Waals surface area contributed by atoms with Gasteiger partial charge in [0, 0.05) is 24.7 Å². The minimum atomic E-state index is -3.80. The lowest BCUT2D eigenvalue weighted by molar-refractivity contribution is -0.120. The van der Waals surface area contributed by atoms with Crippen LogP contribution in [0.2, 0.25) is 5.02 Å². The molecule has 3 aromatic heterocycles. The van der Waals surface area contributed by atoms with E-state index in [1.165, 1.54) is 6.07 Å². The van der Waals surface area contributed by atoms with Gasteiger partial charge >= 0.3 is 0 Å². The molecule has 4 aromatic rings. The minimum absolute atomic E-state index is 0.0432. The molecular weight excluding hydrogens is 560 g/mol. The molecule has 9 nitrogen and oxygen atoms in total. The molecule has 0 saturated heterocycles.